The van der Waals surface area contributed by atoms with Crippen LogP contribution in [0.3, 0.4) is 0 Å². The van der Waals surface area contributed by atoms with Crippen LogP contribution in [0.4, 0.5) is 0 Å². The van der Waals surface area contributed by atoms with Gasteiger partial charge in [-0.2, -0.15) is 0 Å². The average molecular weight is 284 g/mol. The molecule has 1 atom stereocenters. The molecule has 1 N–H and O–H groups in total. The number of aliphatic hydroxyl groups is 1. The van der Waals surface area contributed by atoms with E-state index in [-0.39, 0.29) is 12.4 Å². The van der Waals surface area contributed by atoms with Crippen LogP contribution in [0.15, 0.2) is 48.5 Å². The number of Topliss-reactive ketones (excluding diaryl/α,β-unsaturated/α-hetero) is 1. The van der Waals surface area contributed by atoms with Gasteiger partial charge in [0.1, 0.15) is 5.75 Å². The van der Waals surface area contributed by atoms with Crippen LogP contribution in [0.25, 0.3) is 0 Å². The van der Waals surface area contributed by atoms with Crippen molar-refractivity contribution in [3.63, 3.8) is 0 Å². The van der Waals surface area contributed by atoms with Crippen molar-refractivity contribution in [3.05, 3.63) is 65.2 Å². The van der Waals surface area contributed by atoms with E-state index in [0.29, 0.717) is 17.7 Å². The van der Waals surface area contributed by atoms with Crippen LogP contribution in [0.1, 0.15) is 28.4 Å². The van der Waals surface area contributed by atoms with E-state index < -0.39 is 6.10 Å². The zero-order chi connectivity index (χ0) is 15.2. The number of rotatable bonds is 6. The Kier molecular flexibility index (Phi) is 5.12. The first-order valence-electron chi connectivity index (χ1n) is 7.07. The molecule has 0 aliphatic carbocycles. The highest BCUT2D eigenvalue weighted by molar-refractivity contribution is 5.99. The summed E-state index contributed by atoms with van der Waals surface area (Å²) in [6.45, 7) is 3.87. The van der Waals surface area contributed by atoms with Crippen LogP contribution in [0.5, 0.6) is 5.75 Å². The van der Waals surface area contributed by atoms with E-state index in [2.05, 4.69) is 0 Å². The quantitative estimate of drug-likeness (QED) is 0.829. The second-order valence-electron chi connectivity index (χ2n) is 5.11. The van der Waals surface area contributed by atoms with Crippen molar-refractivity contribution in [1.29, 1.82) is 0 Å². The first-order valence-corrected chi connectivity index (χ1v) is 7.07. The Morgan fingerprint density at radius 1 is 1.10 bits per heavy atom. The van der Waals surface area contributed by atoms with Crippen LogP contribution in [0, 0.1) is 6.92 Å². The maximum absolute atomic E-state index is 12.3. The van der Waals surface area contributed by atoms with Crippen molar-refractivity contribution in [3.8, 4) is 5.75 Å². The van der Waals surface area contributed by atoms with Crippen LogP contribution >= 0.6 is 0 Å². The van der Waals surface area contributed by atoms with E-state index >= 15 is 0 Å². The molecule has 0 fully saturated rings. The summed E-state index contributed by atoms with van der Waals surface area (Å²) in [5.74, 6) is 0.624. The number of aliphatic hydroxyl groups excluding tert-OH is 1. The van der Waals surface area contributed by atoms with E-state index in [1.54, 1.807) is 6.92 Å². The molecule has 0 radical (unpaired) electrons. The molecule has 110 valence electrons. The lowest BCUT2D eigenvalue weighted by Crippen LogP contribution is -2.23. The standard InChI is InChI=1S/C18H20O3/c1-13-3-7-16(8-4-13)18(20)14(2)21-17-9-5-15(6-10-17)11-12-19/h3-10,14,19H,11-12H2,1-2H3. The van der Waals surface area contributed by atoms with Crippen LogP contribution < -0.4 is 4.74 Å². The lowest BCUT2D eigenvalue weighted by atomic mass is 10.1. The Balaban J connectivity index is 2.01. The van der Waals surface area contributed by atoms with Gasteiger partial charge in [-0.05, 0) is 38.0 Å². The Morgan fingerprint density at radius 2 is 1.71 bits per heavy atom. The minimum atomic E-state index is -0.531. The van der Waals surface area contributed by atoms with Crippen molar-refractivity contribution in [2.45, 2.75) is 26.4 Å². The molecule has 2 aromatic rings. The number of benzene rings is 2. The van der Waals surface area contributed by atoms with Crippen molar-refractivity contribution < 1.29 is 14.6 Å². The second-order valence-corrected chi connectivity index (χ2v) is 5.11. The van der Waals surface area contributed by atoms with Gasteiger partial charge in [0.05, 0.1) is 0 Å². The minimum absolute atomic E-state index is 0.0329. The molecular weight excluding hydrogens is 264 g/mol. The fraction of sp³-hybridized carbons (Fsp3) is 0.278. The lowest BCUT2D eigenvalue weighted by molar-refractivity contribution is 0.0818. The van der Waals surface area contributed by atoms with E-state index in [1.165, 1.54) is 0 Å². The SMILES string of the molecule is Cc1ccc(C(=O)C(C)Oc2ccc(CCO)cc2)cc1. The maximum atomic E-state index is 12.3. The zero-order valence-corrected chi connectivity index (χ0v) is 12.4. The van der Waals surface area contributed by atoms with Gasteiger partial charge >= 0.3 is 0 Å². The van der Waals surface area contributed by atoms with Crippen LogP contribution in [0.2, 0.25) is 0 Å². The Labute approximate surface area is 125 Å². The molecule has 3 nitrogen and oxygen atoms in total. The number of hydrogen-bond acceptors (Lipinski definition) is 3. The summed E-state index contributed by atoms with van der Waals surface area (Å²) < 4.78 is 5.68. The van der Waals surface area contributed by atoms with Gasteiger partial charge in [-0.15, -0.1) is 0 Å². The number of hydrogen-bond donors (Lipinski definition) is 1. The Bertz CT molecular complexity index is 585. The number of aryl methyl sites for hydroxylation is 1. The molecule has 1 unspecified atom stereocenters. The highest BCUT2D eigenvalue weighted by Gasteiger charge is 2.16. The fourth-order valence-electron chi connectivity index (χ4n) is 2.07. The van der Waals surface area contributed by atoms with Gasteiger partial charge in [0.25, 0.3) is 0 Å². The highest BCUT2D eigenvalue weighted by atomic mass is 16.5. The normalized spacial score (nSPS) is 12.0. The highest BCUT2D eigenvalue weighted by Crippen LogP contribution is 2.16. The number of ketones is 1. The molecule has 0 spiro atoms. The Hall–Kier alpha value is -2.13. The molecule has 0 saturated carbocycles. The third-order valence-corrected chi connectivity index (χ3v) is 3.34. The molecule has 0 heterocycles. The van der Waals surface area contributed by atoms with Gasteiger partial charge in [0, 0.05) is 12.2 Å². The molecule has 0 saturated heterocycles. The molecule has 2 aromatic carbocycles. The van der Waals surface area contributed by atoms with Gasteiger partial charge < -0.3 is 9.84 Å². The average Bonchev–Trinajstić information content (AvgIpc) is 2.49. The number of carbonyl (C=O) groups excluding carboxylic acids is 1. The van der Waals surface area contributed by atoms with Gasteiger partial charge in [-0.25, -0.2) is 0 Å². The minimum Gasteiger partial charge on any atom is -0.483 e. The Morgan fingerprint density at radius 3 is 2.29 bits per heavy atom. The predicted molar refractivity (Wildman–Crippen MR) is 82.8 cm³/mol. The molecule has 2 rings (SSSR count). The van der Waals surface area contributed by atoms with Crippen LogP contribution in [-0.4, -0.2) is 23.6 Å². The largest absolute Gasteiger partial charge is 0.483 e. The molecule has 0 aliphatic heterocycles. The molecule has 21 heavy (non-hydrogen) atoms. The van der Waals surface area contributed by atoms with E-state index in [0.717, 1.165) is 11.1 Å². The third-order valence-electron chi connectivity index (χ3n) is 3.34. The van der Waals surface area contributed by atoms with Crippen molar-refractivity contribution >= 4 is 5.78 Å². The van der Waals surface area contributed by atoms with Crippen molar-refractivity contribution in [1.82, 2.24) is 0 Å². The van der Waals surface area contributed by atoms with Crippen molar-refractivity contribution in [2.24, 2.45) is 0 Å². The summed E-state index contributed by atoms with van der Waals surface area (Å²) in [4.78, 5) is 12.3. The first-order chi connectivity index (χ1) is 10.1. The second kappa shape index (κ2) is 7.04. The fourth-order valence-corrected chi connectivity index (χ4v) is 2.07. The first kappa shape index (κ1) is 15.3. The predicted octanol–water partition coefficient (Wildman–Crippen LogP) is 3.18. The van der Waals surface area contributed by atoms with Gasteiger partial charge in [-0.3, -0.25) is 4.79 Å². The zero-order valence-electron chi connectivity index (χ0n) is 12.4. The summed E-state index contributed by atoms with van der Waals surface area (Å²) in [6.07, 6.45) is 0.0920. The summed E-state index contributed by atoms with van der Waals surface area (Å²) in [5, 5.41) is 8.88. The molecule has 0 aliphatic rings. The monoisotopic (exact) mass is 284 g/mol. The summed E-state index contributed by atoms with van der Waals surface area (Å²) in [6, 6.07) is 14.9. The molecule has 0 aromatic heterocycles. The summed E-state index contributed by atoms with van der Waals surface area (Å²) in [7, 11) is 0. The third kappa shape index (κ3) is 4.17. The topological polar surface area (TPSA) is 46.5 Å². The summed E-state index contributed by atoms with van der Waals surface area (Å²) in [5.41, 5.74) is 2.83. The molecule has 0 amide bonds. The smallest absolute Gasteiger partial charge is 0.202 e. The molecular formula is C18H20O3. The number of ether oxygens (including phenoxy) is 1. The number of carbonyl (C=O) groups is 1. The lowest BCUT2D eigenvalue weighted by Gasteiger charge is -2.14. The van der Waals surface area contributed by atoms with Gasteiger partial charge in [0.15, 0.2) is 6.10 Å². The van der Waals surface area contributed by atoms with Gasteiger partial charge in [-0.1, -0.05) is 42.0 Å². The van der Waals surface area contributed by atoms with E-state index in [1.807, 2.05) is 55.5 Å². The van der Waals surface area contributed by atoms with Crippen molar-refractivity contribution in [2.75, 3.05) is 6.61 Å². The van der Waals surface area contributed by atoms with Crippen LogP contribution in [-0.2, 0) is 6.42 Å². The molecule has 3 heteroatoms. The van der Waals surface area contributed by atoms with E-state index in [9.17, 15) is 4.79 Å². The van der Waals surface area contributed by atoms with Gasteiger partial charge in [0.2, 0.25) is 5.78 Å². The summed E-state index contributed by atoms with van der Waals surface area (Å²) >= 11 is 0. The maximum Gasteiger partial charge on any atom is 0.202 e. The van der Waals surface area contributed by atoms with E-state index in [4.69, 9.17) is 9.84 Å². The molecule has 0 bridgehead atoms.